The zero-order chi connectivity index (χ0) is 22.8. The van der Waals surface area contributed by atoms with Crippen LogP contribution in [0.1, 0.15) is 25.0 Å². The fourth-order valence-electron chi connectivity index (χ4n) is 3.93. The fraction of sp³-hybridized carbons (Fsp3) is 0.143. The molecule has 0 aliphatic heterocycles. The second-order valence-corrected chi connectivity index (χ2v) is 7.93. The molecule has 0 bridgehead atoms. The quantitative estimate of drug-likeness (QED) is 0.129. The minimum Gasteiger partial charge on any atom is -0.512 e. The fourth-order valence-corrected chi connectivity index (χ4v) is 3.93. The van der Waals surface area contributed by atoms with E-state index in [4.69, 9.17) is 14.5 Å². The maximum Gasteiger partial charge on any atom is 0.155 e. The van der Waals surface area contributed by atoms with Crippen molar-refractivity contribution in [1.82, 2.24) is 4.98 Å². The number of carbonyl (C=O) groups is 1. The van der Waals surface area contributed by atoms with Gasteiger partial charge in [-0.3, -0.25) is 9.78 Å². The molecule has 0 amide bonds. The van der Waals surface area contributed by atoms with Crippen molar-refractivity contribution in [2.45, 2.75) is 27.7 Å². The molecule has 2 aromatic heterocycles. The van der Waals surface area contributed by atoms with Crippen molar-refractivity contribution in [3.63, 3.8) is 0 Å². The molecular weight excluding hydrogens is 591 g/mol. The SMILES string of the molecule is CC(=O)/C=C(/C)O.Cc1[c-]c(-c2nc3ccccc3c3c2oc2ccccc23)cc(C)c1.[Ir]. The summed E-state index contributed by atoms with van der Waals surface area (Å²) in [4.78, 5) is 14.9. The van der Waals surface area contributed by atoms with Crippen LogP contribution >= 0.6 is 0 Å². The molecule has 5 heteroatoms. The van der Waals surface area contributed by atoms with Gasteiger partial charge in [-0.1, -0.05) is 50.2 Å². The molecule has 0 spiro atoms. The van der Waals surface area contributed by atoms with Gasteiger partial charge in [-0.15, -0.1) is 34.9 Å². The van der Waals surface area contributed by atoms with Gasteiger partial charge >= 0.3 is 0 Å². The Balaban J connectivity index is 0.000000337. The first kappa shape index (κ1) is 24.4. The third-order valence-corrected chi connectivity index (χ3v) is 5.03. The van der Waals surface area contributed by atoms with E-state index in [2.05, 4.69) is 56.3 Å². The number of aryl methyl sites for hydroxylation is 2. The van der Waals surface area contributed by atoms with E-state index in [1.165, 1.54) is 25.5 Å². The number of hydrogen-bond donors (Lipinski definition) is 1. The van der Waals surface area contributed by atoms with Gasteiger partial charge in [0.25, 0.3) is 0 Å². The number of benzene rings is 3. The molecule has 4 nitrogen and oxygen atoms in total. The van der Waals surface area contributed by atoms with Gasteiger partial charge in [-0.05, 0) is 26.0 Å². The predicted octanol–water partition coefficient (Wildman–Crippen LogP) is 7.25. The number of furan rings is 1. The van der Waals surface area contributed by atoms with E-state index in [1.807, 2.05) is 24.3 Å². The Kier molecular flexibility index (Phi) is 7.47. The minimum atomic E-state index is -0.125. The number of aliphatic hydroxyl groups excluding tert-OH is 1. The second-order valence-electron chi connectivity index (χ2n) is 7.93. The summed E-state index contributed by atoms with van der Waals surface area (Å²) in [6, 6.07) is 24.1. The summed E-state index contributed by atoms with van der Waals surface area (Å²) >= 11 is 0. The summed E-state index contributed by atoms with van der Waals surface area (Å²) in [6.07, 6.45) is 1.17. The number of aromatic nitrogens is 1. The van der Waals surface area contributed by atoms with Crippen LogP contribution in [0.15, 0.2) is 76.9 Å². The molecule has 3 aromatic carbocycles. The van der Waals surface area contributed by atoms with Gasteiger partial charge in [0.05, 0.1) is 11.3 Å². The summed E-state index contributed by atoms with van der Waals surface area (Å²) in [7, 11) is 0. The van der Waals surface area contributed by atoms with Gasteiger partial charge in [0, 0.05) is 48.0 Å². The number of allylic oxidation sites excluding steroid dienone is 2. The van der Waals surface area contributed by atoms with Crippen molar-refractivity contribution >= 4 is 38.6 Å². The van der Waals surface area contributed by atoms with Crippen LogP contribution in [0.4, 0.5) is 0 Å². The summed E-state index contributed by atoms with van der Waals surface area (Å²) in [5.41, 5.74) is 6.84. The molecule has 0 fully saturated rings. The number of pyridine rings is 1. The average molecular weight is 615 g/mol. The van der Waals surface area contributed by atoms with Gasteiger partial charge in [0.15, 0.2) is 5.78 Å². The van der Waals surface area contributed by atoms with Crippen molar-refractivity contribution < 1.29 is 34.4 Å². The zero-order valence-electron chi connectivity index (χ0n) is 18.9. The van der Waals surface area contributed by atoms with E-state index >= 15 is 0 Å². The molecule has 0 aliphatic carbocycles. The van der Waals surface area contributed by atoms with Crippen LogP contribution in [0.25, 0.3) is 44.1 Å². The van der Waals surface area contributed by atoms with E-state index in [-0.39, 0.29) is 31.6 Å². The topological polar surface area (TPSA) is 63.3 Å². The number of rotatable bonds is 2. The van der Waals surface area contributed by atoms with E-state index in [0.29, 0.717) is 0 Å². The van der Waals surface area contributed by atoms with Gasteiger partial charge in [0.2, 0.25) is 0 Å². The van der Waals surface area contributed by atoms with E-state index in [1.54, 1.807) is 0 Å². The molecule has 0 saturated heterocycles. The Hall–Kier alpha value is -3.27. The van der Waals surface area contributed by atoms with Crippen molar-refractivity contribution in [3.05, 3.63) is 89.7 Å². The number of carbonyl (C=O) groups excluding carboxylic acids is 1. The Morgan fingerprint density at radius 3 is 2.30 bits per heavy atom. The molecule has 0 saturated carbocycles. The molecule has 33 heavy (non-hydrogen) atoms. The molecule has 5 rings (SSSR count). The second kappa shape index (κ2) is 10.1. The van der Waals surface area contributed by atoms with Gasteiger partial charge in [0.1, 0.15) is 11.2 Å². The molecule has 1 radical (unpaired) electrons. The Bertz CT molecular complexity index is 1470. The molecule has 5 aromatic rings. The van der Waals surface area contributed by atoms with E-state index in [0.717, 1.165) is 49.7 Å². The average Bonchev–Trinajstić information content (AvgIpc) is 3.12. The minimum absolute atomic E-state index is 0. The van der Waals surface area contributed by atoms with Gasteiger partial charge < -0.3 is 9.52 Å². The zero-order valence-corrected chi connectivity index (χ0v) is 21.3. The standard InChI is InChI=1S/C23H16NO.C5H8O2.Ir/c1-14-11-15(2)13-16(12-14)22-23-21(17-7-3-5-9-19(17)24-22)18-8-4-6-10-20(18)25-23;1-4(6)3-5(2)7;/h3-12H,1-2H3;3,6H,1-2H3;/q-1;;/b;4-3-;. The smallest absolute Gasteiger partial charge is 0.155 e. The van der Waals surface area contributed by atoms with Gasteiger partial charge in [-0.25, -0.2) is 0 Å². The van der Waals surface area contributed by atoms with Crippen LogP contribution in [0.3, 0.4) is 0 Å². The largest absolute Gasteiger partial charge is 0.512 e. The Morgan fingerprint density at radius 1 is 1.00 bits per heavy atom. The Morgan fingerprint density at radius 2 is 1.67 bits per heavy atom. The van der Waals surface area contributed by atoms with E-state index < -0.39 is 0 Å². The summed E-state index contributed by atoms with van der Waals surface area (Å²) in [5.74, 6) is -0.0625. The number of hydrogen-bond acceptors (Lipinski definition) is 4. The predicted molar refractivity (Wildman–Crippen MR) is 130 cm³/mol. The van der Waals surface area contributed by atoms with Crippen LogP contribution in [-0.4, -0.2) is 15.9 Å². The monoisotopic (exact) mass is 615 g/mol. The third kappa shape index (κ3) is 5.22. The number of nitrogens with zero attached hydrogens (tertiary/aromatic N) is 1. The number of ketones is 1. The van der Waals surface area contributed by atoms with Crippen molar-refractivity contribution in [1.29, 1.82) is 0 Å². The van der Waals surface area contributed by atoms with Crippen molar-refractivity contribution in [3.8, 4) is 11.3 Å². The van der Waals surface area contributed by atoms with Crippen LogP contribution in [-0.2, 0) is 24.9 Å². The molecule has 0 unspecified atom stereocenters. The molecule has 0 aliphatic rings. The number of fused-ring (bicyclic) bond motifs is 5. The van der Waals surface area contributed by atoms with Gasteiger partial charge in [-0.2, -0.15) is 0 Å². The normalized spacial score (nSPS) is 11.2. The van der Waals surface area contributed by atoms with Crippen molar-refractivity contribution in [2.24, 2.45) is 0 Å². The number of para-hydroxylation sites is 2. The maximum absolute atomic E-state index is 10.0. The maximum atomic E-state index is 10.0. The van der Waals surface area contributed by atoms with Crippen LogP contribution in [0, 0.1) is 19.9 Å². The third-order valence-electron chi connectivity index (χ3n) is 5.03. The molecule has 169 valence electrons. The van der Waals surface area contributed by atoms with E-state index in [9.17, 15) is 4.79 Å². The van der Waals surface area contributed by atoms with Crippen molar-refractivity contribution in [2.75, 3.05) is 0 Å². The molecule has 2 heterocycles. The molecule has 1 N–H and O–H groups in total. The molecular formula is C28H24IrNO3-. The first-order valence-electron chi connectivity index (χ1n) is 10.4. The first-order chi connectivity index (χ1) is 15.3. The van der Waals surface area contributed by atoms with Crippen LogP contribution in [0.2, 0.25) is 0 Å². The van der Waals surface area contributed by atoms with Crippen LogP contribution < -0.4 is 0 Å². The first-order valence-corrected chi connectivity index (χ1v) is 10.4. The van der Waals surface area contributed by atoms with Crippen LogP contribution in [0.5, 0.6) is 0 Å². The Labute approximate surface area is 206 Å². The summed E-state index contributed by atoms with van der Waals surface area (Å²) in [6.45, 7) is 7.01. The summed E-state index contributed by atoms with van der Waals surface area (Å²) < 4.78 is 6.24. The summed E-state index contributed by atoms with van der Waals surface area (Å²) in [5, 5.41) is 11.7. The molecule has 0 atom stereocenters. The number of aliphatic hydroxyl groups is 1.